The molecule has 1 aliphatic heterocycles. The van der Waals surface area contributed by atoms with E-state index in [0.29, 0.717) is 6.61 Å². The minimum atomic E-state index is -3.75. The van der Waals surface area contributed by atoms with Gasteiger partial charge in [-0.25, -0.2) is 18.5 Å². The van der Waals surface area contributed by atoms with Gasteiger partial charge in [0.15, 0.2) is 5.03 Å². The molecule has 7 heteroatoms. The van der Waals surface area contributed by atoms with Gasteiger partial charge in [-0.1, -0.05) is 13.8 Å². The van der Waals surface area contributed by atoms with E-state index in [0.717, 1.165) is 25.3 Å². The van der Waals surface area contributed by atoms with E-state index in [1.807, 2.05) is 18.4 Å². The summed E-state index contributed by atoms with van der Waals surface area (Å²) in [5, 5.41) is 5.08. The summed E-state index contributed by atoms with van der Waals surface area (Å²) in [5.41, 5.74) is 0. The lowest BCUT2D eigenvalue weighted by molar-refractivity contribution is 0.0579. The second-order valence-electron chi connectivity index (χ2n) is 4.92. The van der Waals surface area contributed by atoms with Crippen molar-refractivity contribution in [1.29, 1.82) is 0 Å². The van der Waals surface area contributed by atoms with Crippen molar-refractivity contribution in [2.75, 3.05) is 13.2 Å². The quantitative estimate of drug-likeness (QED) is 0.890. The van der Waals surface area contributed by atoms with Crippen molar-refractivity contribution < 1.29 is 13.2 Å². The number of aromatic nitrogens is 2. The Bertz CT molecular complexity index is 516. The Labute approximate surface area is 107 Å². The Kier molecular flexibility index (Phi) is 3.74. The first-order chi connectivity index (χ1) is 8.39. The van der Waals surface area contributed by atoms with Crippen LogP contribution in [0.3, 0.4) is 0 Å². The van der Waals surface area contributed by atoms with E-state index in [9.17, 15) is 8.42 Å². The molecule has 18 heavy (non-hydrogen) atoms. The molecule has 1 aliphatic rings. The molecule has 0 bridgehead atoms. The SMILES string of the molecule is CC(C)c1nc(S(N)(=O)=O)cn1C1CCCOC1. The minimum Gasteiger partial charge on any atom is -0.379 e. The summed E-state index contributed by atoms with van der Waals surface area (Å²) in [6, 6.07) is 0.152. The molecule has 0 spiro atoms. The standard InChI is InChI=1S/C11H19N3O3S/c1-8(2)11-13-10(18(12,15)16)6-14(11)9-4-3-5-17-7-9/h6,8-9H,3-5,7H2,1-2H3,(H2,12,15,16). The zero-order valence-corrected chi connectivity index (χ0v) is 11.5. The van der Waals surface area contributed by atoms with Crippen molar-refractivity contribution in [2.45, 2.75) is 43.7 Å². The zero-order chi connectivity index (χ0) is 13.3. The number of nitrogens with two attached hydrogens (primary N) is 1. The molecule has 0 aliphatic carbocycles. The second kappa shape index (κ2) is 4.99. The largest absolute Gasteiger partial charge is 0.379 e. The van der Waals surface area contributed by atoms with Gasteiger partial charge < -0.3 is 9.30 Å². The number of imidazole rings is 1. The van der Waals surface area contributed by atoms with Crippen LogP contribution in [0.5, 0.6) is 0 Å². The van der Waals surface area contributed by atoms with Crippen molar-refractivity contribution in [1.82, 2.24) is 9.55 Å². The lowest BCUT2D eigenvalue weighted by Crippen LogP contribution is -2.22. The molecular weight excluding hydrogens is 254 g/mol. The maximum Gasteiger partial charge on any atom is 0.257 e. The van der Waals surface area contributed by atoms with Crippen LogP contribution in [0, 0.1) is 0 Å². The van der Waals surface area contributed by atoms with Gasteiger partial charge in [-0.3, -0.25) is 0 Å². The molecule has 2 rings (SSSR count). The number of primary sulfonamides is 1. The number of ether oxygens (including phenoxy) is 1. The zero-order valence-electron chi connectivity index (χ0n) is 10.7. The molecule has 1 aromatic rings. The van der Waals surface area contributed by atoms with E-state index in [2.05, 4.69) is 4.98 Å². The fourth-order valence-corrected chi connectivity index (χ4v) is 2.67. The van der Waals surface area contributed by atoms with Crippen LogP contribution in [0.1, 0.15) is 44.5 Å². The van der Waals surface area contributed by atoms with Crippen molar-refractivity contribution in [2.24, 2.45) is 5.14 Å². The van der Waals surface area contributed by atoms with Crippen LogP contribution in [-0.2, 0) is 14.8 Å². The first-order valence-corrected chi connectivity index (χ1v) is 7.63. The van der Waals surface area contributed by atoms with E-state index in [1.54, 1.807) is 0 Å². The van der Waals surface area contributed by atoms with Gasteiger partial charge in [-0.05, 0) is 12.8 Å². The van der Waals surface area contributed by atoms with E-state index in [1.165, 1.54) is 6.20 Å². The molecule has 0 radical (unpaired) electrons. The van der Waals surface area contributed by atoms with Crippen molar-refractivity contribution in [3.8, 4) is 0 Å². The highest BCUT2D eigenvalue weighted by Crippen LogP contribution is 2.26. The Morgan fingerprint density at radius 2 is 2.28 bits per heavy atom. The van der Waals surface area contributed by atoms with E-state index in [4.69, 9.17) is 9.88 Å². The molecular formula is C11H19N3O3S. The number of sulfonamides is 1. The van der Waals surface area contributed by atoms with Gasteiger partial charge in [0, 0.05) is 18.7 Å². The van der Waals surface area contributed by atoms with E-state index in [-0.39, 0.29) is 17.0 Å². The summed E-state index contributed by atoms with van der Waals surface area (Å²) in [6.45, 7) is 5.33. The van der Waals surface area contributed by atoms with Crippen molar-refractivity contribution in [3.63, 3.8) is 0 Å². The molecule has 0 aromatic carbocycles. The predicted octanol–water partition coefficient (Wildman–Crippen LogP) is 1.01. The van der Waals surface area contributed by atoms with Crippen LogP contribution in [0.15, 0.2) is 11.2 Å². The molecule has 1 unspecified atom stereocenters. The third-order valence-corrected chi connectivity index (χ3v) is 3.86. The van der Waals surface area contributed by atoms with Crippen LogP contribution < -0.4 is 5.14 Å². The van der Waals surface area contributed by atoms with Gasteiger partial charge in [-0.2, -0.15) is 0 Å². The van der Waals surface area contributed by atoms with Crippen LogP contribution in [0.25, 0.3) is 0 Å². The molecule has 1 saturated heterocycles. The van der Waals surface area contributed by atoms with Gasteiger partial charge in [-0.15, -0.1) is 0 Å². The number of hydrogen-bond acceptors (Lipinski definition) is 4. The molecule has 2 heterocycles. The number of hydrogen-bond donors (Lipinski definition) is 1. The first kappa shape index (κ1) is 13.5. The van der Waals surface area contributed by atoms with Crippen LogP contribution in [0.2, 0.25) is 0 Å². The highest BCUT2D eigenvalue weighted by atomic mass is 32.2. The van der Waals surface area contributed by atoms with Gasteiger partial charge in [0.1, 0.15) is 5.82 Å². The minimum absolute atomic E-state index is 0.0585. The normalized spacial score (nSPS) is 21.4. The van der Waals surface area contributed by atoms with Gasteiger partial charge in [0.2, 0.25) is 0 Å². The molecule has 6 nitrogen and oxygen atoms in total. The summed E-state index contributed by atoms with van der Waals surface area (Å²) < 4.78 is 30.1. The smallest absolute Gasteiger partial charge is 0.257 e. The lowest BCUT2D eigenvalue weighted by atomic mass is 10.1. The number of nitrogens with zero attached hydrogens (tertiary/aromatic N) is 2. The molecule has 1 atom stereocenters. The van der Waals surface area contributed by atoms with Crippen molar-refractivity contribution in [3.05, 3.63) is 12.0 Å². The van der Waals surface area contributed by atoms with E-state index < -0.39 is 10.0 Å². The molecule has 0 saturated carbocycles. The fraction of sp³-hybridized carbons (Fsp3) is 0.727. The van der Waals surface area contributed by atoms with Crippen molar-refractivity contribution >= 4 is 10.0 Å². The monoisotopic (exact) mass is 273 g/mol. The molecule has 1 aromatic heterocycles. The summed E-state index contributed by atoms with van der Waals surface area (Å²) in [5.74, 6) is 0.886. The summed E-state index contributed by atoms with van der Waals surface area (Å²) in [4.78, 5) is 4.15. The number of rotatable bonds is 3. The average molecular weight is 273 g/mol. The third-order valence-electron chi connectivity index (χ3n) is 3.08. The average Bonchev–Trinajstić information content (AvgIpc) is 2.74. The second-order valence-corrected chi connectivity index (χ2v) is 6.42. The van der Waals surface area contributed by atoms with Gasteiger partial charge in [0.25, 0.3) is 10.0 Å². The topological polar surface area (TPSA) is 87.2 Å². The molecule has 102 valence electrons. The predicted molar refractivity (Wildman–Crippen MR) is 66.8 cm³/mol. The van der Waals surface area contributed by atoms with Crippen LogP contribution in [0.4, 0.5) is 0 Å². The van der Waals surface area contributed by atoms with Gasteiger partial charge >= 0.3 is 0 Å². The Balaban J connectivity index is 2.41. The Morgan fingerprint density at radius 3 is 2.78 bits per heavy atom. The summed E-state index contributed by atoms with van der Waals surface area (Å²) in [7, 11) is -3.75. The summed E-state index contributed by atoms with van der Waals surface area (Å²) >= 11 is 0. The maximum atomic E-state index is 11.4. The highest BCUT2D eigenvalue weighted by molar-refractivity contribution is 7.89. The first-order valence-electron chi connectivity index (χ1n) is 6.09. The third kappa shape index (κ3) is 2.73. The molecule has 2 N–H and O–H groups in total. The van der Waals surface area contributed by atoms with Gasteiger partial charge in [0.05, 0.1) is 12.6 Å². The Hall–Kier alpha value is -0.920. The molecule has 1 fully saturated rings. The Morgan fingerprint density at radius 1 is 1.56 bits per heavy atom. The molecule has 0 amide bonds. The van der Waals surface area contributed by atoms with Crippen LogP contribution >= 0.6 is 0 Å². The lowest BCUT2D eigenvalue weighted by Gasteiger charge is -2.25. The van der Waals surface area contributed by atoms with Crippen LogP contribution in [-0.4, -0.2) is 31.2 Å². The summed E-state index contributed by atoms with van der Waals surface area (Å²) in [6.07, 6.45) is 3.48. The maximum absolute atomic E-state index is 11.4. The van der Waals surface area contributed by atoms with E-state index >= 15 is 0 Å². The fourth-order valence-electron chi connectivity index (χ4n) is 2.18. The highest BCUT2D eigenvalue weighted by Gasteiger charge is 2.24.